The first-order chi connectivity index (χ1) is 12.5. The van der Waals surface area contributed by atoms with E-state index in [1.165, 1.54) is 29.5 Å². The number of hydrogen-bond acceptors (Lipinski definition) is 4. The minimum Gasteiger partial charge on any atom is -0.335 e. The van der Waals surface area contributed by atoms with Gasteiger partial charge >= 0.3 is 0 Å². The zero-order valence-electron chi connectivity index (χ0n) is 14.1. The van der Waals surface area contributed by atoms with Crippen molar-refractivity contribution >= 4 is 40.4 Å². The van der Waals surface area contributed by atoms with Gasteiger partial charge in [-0.1, -0.05) is 17.7 Å². The van der Waals surface area contributed by atoms with Gasteiger partial charge in [-0.3, -0.25) is 14.5 Å². The van der Waals surface area contributed by atoms with E-state index in [1.54, 1.807) is 0 Å². The van der Waals surface area contributed by atoms with Gasteiger partial charge < -0.3 is 10.2 Å². The van der Waals surface area contributed by atoms with E-state index in [9.17, 15) is 14.0 Å². The fraction of sp³-hybridized carbons (Fsp3) is 0.333. The first-order valence-corrected chi connectivity index (χ1v) is 9.59. The molecule has 1 aromatic carbocycles. The highest BCUT2D eigenvalue weighted by molar-refractivity contribution is 7.12. The van der Waals surface area contributed by atoms with E-state index >= 15 is 0 Å². The summed E-state index contributed by atoms with van der Waals surface area (Å²) in [6.07, 6.45) is 0.265. The third kappa shape index (κ3) is 4.81. The standard InChI is InChI=1S/C18H19ClFN3O2S/c19-13-3-4-15(14(20)12-13)21-17(24)5-6-22-7-9-23(10-8-22)18(25)16-2-1-11-26-16/h1-4,11-12H,5-10H2,(H,21,24). The van der Waals surface area contributed by atoms with Crippen LogP contribution in [0.3, 0.4) is 0 Å². The average Bonchev–Trinajstić information content (AvgIpc) is 3.17. The predicted molar refractivity (Wildman–Crippen MR) is 101 cm³/mol. The van der Waals surface area contributed by atoms with Gasteiger partial charge in [0.05, 0.1) is 10.6 Å². The van der Waals surface area contributed by atoms with Crippen molar-refractivity contribution in [1.29, 1.82) is 0 Å². The first-order valence-electron chi connectivity index (χ1n) is 8.33. The number of carbonyl (C=O) groups is 2. The van der Waals surface area contributed by atoms with E-state index in [-0.39, 0.29) is 28.9 Å². The summed E-state index contributed by atoms with van der Waals surface area (Å²) < 4.78 is 13.7. The molecule has 0 radical (unpaired) electrons. The lowest BCUT2D eigenvalue weighted by Crippen LogP contribution is -2.49. The number of carbonyl (C=O) groups excluding carboxylic acids is 2. The minimum absolute atomic E-state index is 0.0654. The number of piperazine rings is 1. The fourth-order valence-corrected chi connectivity index (χ4v) is 3.64. The van der Waals surface area contributed by atoms with Crippen molar-refractivity contribution in [2.75, 3.05) is 38.0 Å². The molecule has 0 atom stereocenters. The molecule has 1 saturated heterocycles. The predicted octanol–water partition coefficient (Wildman–Crippen LogP) is 3.33. The fourth-order valence-electron chi connectivity index (χ4n) is 2.79. The molecule has 0 unspecified atom stereocenters. The minimum atomic E-state index is -0.549. The Morgan fingerprint density at radius 2 is 1.96 bits per heavy atom. The number of thiophene rings is 1. The summed E-state index contributed by atoms with van der Waals surface area (Å²) in [6.45, 7) is 3.30. The number of nitrogens with one attached hydrogen (secondary N) is 1. The van der Waals surface area contributed by atoms with Gasteiger partial charge in [-0.15, -0.1) is 11.3 Å². The van der Waals surface area contributed by atoms with Crippen molar-refractivity contribution in [2.45, 2.75) is 6.42 Å². The quantitative estimate of drug-likeness (QED) is 0.844. The molecule has 1 aliphatic rings. The highest BCUT2D eigenvalue weighted by atomic mass is 35.5. The normalized spacial score (nSPS) is 15.1. The third-order valence-electron chi connectivity index (χ3n) is 4.25. The summed E-state index contributed by atoms with van der Waals surface area (Å²) in [5.74, 6) is -0.731. The van der Waals surface area contributed by atoms with Crippen LogP contribution in [0.4, 0.5) is 10.1 Å². The maximum atomic E-state index is 13.7. The van der Waals surface area contributed by atoms with Crippen molar-refractivity contribution in [3.8, 4) is 0 Å². The van der Waals surface area contributed by atoms with Gasteiger partial charge in [0, 0.05) is 44.2 Å². The Bertz CT molecular complexity index is 777. The molecule has 1 fully saturated rings. The highest BCUT2D eigenvalue weighted by Gasteiger charge is 2.22. The molecule has 0 bridgehead atoms. The molecule has 2 heterocycles. The maximum Gasteiger partial charge on any atom is 0.264 e. The first kappa shape index (κ1) is 18.8. The zero-order valence-corrected chi connectivity index (χ0v) is 15.7. The van der Waals surface area contributed by atoms with Crippen LogP contribution >= 0.6 is 22.9 Å². The van der Waals surface area contributed by atoms with Crippen LogP contribution in [0, 0.1) is 5.82 Å². The smallest absolute Gasteiger partial charge is 0.264 e. The lowest BCUT2D eigenvalue weighted by molar-refractivity contribution is -0.116. The molecule has 1 N–H and O–H groups in total. The van der Waals surface area contributed by atoms with Gasteiger partial charge in [-0.05, 0) is 29.6 Å². The van der Waals surface area contributed by atoms with E-state index in [4.69, 9.17) is 11.6 Å². The molecule has 1 aromatic heterocycles. The van der Waals surface area contributed by atoms with Crippen LogP contribution in [-0.2, 0) is 4.79 Å². The number of halogens is 2. The summed E-state index contributed by atoms with van der Waals surface area (Å²) in [6, 6.07) is 7.85. The van der Waals surface area contributed by atoms with Crippen LogP contribution in [0.2, 0.25) is 5.02 Å². The van der Waals surface area contributed by atoms with E-state index in [0.29, 0.717) is 19.6 Å². The number of anilines is 1. The molecule has 8 heteroatoms. The molecule has 2 aromatic rings. The Hall–Kier alpha value is -1.96. The van der Waals surface area contributed by atoms with Crippen LogP contribution < -0.4 is 5.32 Å². The molecule has 0 spiro atoms. The summed E-state index contributed by atoms with van der Waals surface area (Å²) >= 11 is 7.14. The Morgan fingerprint density at radius 1 is 1.19 bits per heavy atom. The maximum absolute atomic E-state index is 13.7. The van der Waals surface area contributed by atoms with Crippen LogP contribution in [0.1, 0.15) is 16.1 Å². The number of benzene rings is 1. The van der Waals surface area contributed by atoms with Crippen LogP contribution in [-0.4, -0.2) is 54.3 Å². The van der Waals surface area contributed by atoms with Gasteiger partial charge in [-0.2, -0.15) is 0 Å². The molecular formula is C18H19ClFN3O2S. The molecule has 138 valence electrons. The van der Waals surface area contributed by atoms with Crippen LogP contribution in [0.25, 0.3) is 0 Å². The summed E-state index contributed by atoms with van der Waals surface area (Å²) in [5.41, 5.74) is 0.130. The largest absolute Gasteiger partial charge is 0.335 e. The molecular weight excluding hydrogens is 377 g/mol. The van der Waals surface area contributed by atoms with Crippen LogP contribution in [0.15, 0.2) is 35.7 Å². The number of amides is 2. The third-order valence-corrected chi connectivity index (χ3v) is 5.34. The van der Waals surface area contributed by atoms with E-state index in [1.807, 2.05) is 22.4 Å². The summed E-state index contributed by atoms with van der Waals surface area (Å²) in [7, 11) is 0. The van der Waals surface area contributed by atoms with E-state index < -0.39 is 5.82 Å². The Balaban J connectivity index is 1.42. The second-order valence-corrected chi connectivity index (χ2v) is 7.42. The van der Waals surface area contributed by atoms with Crippen molar-refractivity contribution in [2.24, 2.45) is 0 Å². The van der Waals surface area contributed by atoms with Gasteiger partial charge in [0.2, 0.25) is 5.91 Å². The van der Waals surface area contributed by atoms with Crippen molar-refractivity contribution in [1.82, 2.24) is 9.80 Å². The number of hydrogen-bond donors (Lipinski definition) is 1. The summed E-state index contributed by atoms with van der Waals surface area (Å²) in [4.78, 5) is 29.0. The molecule has 26 heavy (non-hydrogen) atoms. The SMILES string of the molecule is O=C(CCN1CCN(C(=O)c2cccs2)CC1)Nc1ccc(Cl)cc1F. The van der Waals surface area contributed by atoms with Gasteiger partial charge in [0.1, 0.15) is 5.82 Å². The van der Waals surface area contributed by atoms with Gasteiger partial charge in [-0.25, -0.2) is 4.39 Å². The molecule has 0 aliphatic carbocycles. The molecule has 0 saturated carbocycles. The zero-order chi connectivity index (χ0) is 18.5. The van der Waals surface area contributed by atoms with Crippen molar-refractivity contribution in [3.05, 3.63) is 51.4 Å². The Kier molecular flexibility index (Phi) is 6.24. The van der Waals surface area contributed by atoms with Crippen molar-refractivity contribution < 1.29 is 14.0 Å². The Labute approximate surface area is 160 Å². The van der Waals surface area contributed by atoms with E-state index in [2.05, 4.69) is 10.2 Å². The average molecular weight is 396 g/mol. The molecule has 1 aliphatic heterocycles. The van der Waals surface area contributed by atoms with Gasteiger partial charge in [0.25, 0.3) is 5.91 Å². The van der Waals surface area contributed by atoms with Crippen LogP contribution in [0.5, 0.6) is 0 Å². The number of rotatable bonds is 5. The monoisotopic (exact) mass is 395 g/mol. The Morgan fingerprint density at radius 3 is 2.62 bits per heavy atom. The lowest BCUT2D eigenvalue weighted by atomic mass is 10.2. The second-order valence-electron chi connectivity index (χ2n) is 6.03. The summed E-state index contributed by atoms with van der Waals surface area (Å²) in [5, 5.41) is 4.74. The van der Waals surface area contributed by atoms with E-state index in [0.717, 1.165) is 18.0 Å². The highest BCUT2D eigenvalue weighted by Crippen LogP contribution is 2.19. The lowest BCUT2D eigenvalue weighted by Gasteiger charge is -2.34. The second kappa shape index (κ2) is 8.62. The van der Waals surface area contributed by atoms with Crippen molar-refractivity contribution in [3.63, 3.8) is 0 Å². The topological polar surface area (TPSA) is 52.7 Å². The number of nitrogens with zero attached hydrogens (tertiary/aromatic N) is 2. The van der Waals surface area contributed by atoms with Gasteiger partial charge in [0.15, 0.2) is 0 Å². The molecule has 5 nitrogen and oxygen atoms in total. The molecule has 2 amide bonds. The molecule has 3 rings (SSSR count).